The van der Waals surface area contributed by atoms with Crippen LogP contribution in [0.3, 0.4) is 0 Å². The summed E-state index contributed by atoms with van der Waals surface area (Å²) in [7, 11) is 1.37. The van der Waals surface area contributed by atoms with Crippen molar-refractivity contribution in [2.75, 3.05) is 13.8 Å². The maximum atomic E-state index is 11.7. The maximum absolute atomic E-state index is 11.7. The fraction of sp³-hybridized carbons (Fsp3) is 0.857. The summed E-state index contributed by atoms with van der Waals surface area (Å²) in [4.78, 5) is 10.7. The molecule has 0 N–H and O–H groups in total. The van der Waals surface area contributed by atoms with E-state index in [4.69, 9.17) is 0 Å². The predicted octanol–water partition coefficient (Wildman–Crippen LogP) is 1.16. The fourth-order valence-electron chi connectivity index (χ4n) is 1.15. The first-order valence-electron chi connectivity index (χ1n) is 3.43. The summed E-state index contributed by atoms with van der Waals surface area (Å²) in [5, 5.41) is 0. The number of ether oxygens (including phenoxy) is 1. The molecule has 1 rings (SSSR count). The minimum atomic E-state index is -0.321. The molecular formula is C7H11FO2. The molecule has 0 bridgehead atoms. The molecule has 0 amide bonds. The quantitative estimate of drug-likeness (QED) is 0.558. The molecule has 2 nitrogen and oxygen atoms in total. The molecule has 0 aromatic carbocycles. The van der Waals surface area contributed by atoms with E-state index < -0.39 is 0 Å². The number of halogens is 1. The van der Waals surface area contributed by atoms with E-state index in [9.17, 15) is 9.18 Å². The molecule has 0 aromatic rings. The molecule has 0 aromatic heterocycles. The van der Waals surface area contributed by atoms with Gasteiger partial charge in [0.25, 0.3) is 0 Å². The summed E-state index contributed by atoms with van der Waals surface area (Å²) in [5.74, 6) is 0.0802. The standard InChI is InChI=1S/C7H11FO2/c1-10-7(9)6-4-5(6)2-3-8/h5-6H,2-4H2,1H3/t5-,6+/m1/s1. The summed E-state index contributed by atoms with van der Waals surface area (Å²) >= 11 is 0. The molecule has 0 radical (unpaired) electrons. The molecule has 3 heteroatoms. The van der Waals surface area contributed by atoms with E-state index in [0.717, 1.165) is 6.42 Å². The van der Waals surface area contributed by atoms with E-state index >= 15 is 0 Å². The first-order valence-corrected chi connectivity index (χ1v) is 3.43. The first-order chi connectivity index (χ1) is 4.79. The van der Waals surface area contributed by atoms with Crippen LogP contribution in [0.1, 0.15) is 12.8 Å². The van der Waals surface area contributed by atoms with Crippen molar-refractivity contribution >= 4 is 5.97 Å². The van der Waals surface area contributed by atoms with E-state index in [-0.39, 0.29) is 24.5 Å². The largest absolute Gasteiger partial charge is 0.469 e. The Labute approximate surface area is 59.4 Å². The predicted molar refractivity (Wildman–Crippen MR) is 34.2 cm³/mol. The minimum absolute atomic E-state index is 0.000694. The van der Waals surface area contributed by atoms with Crippen molar-refractivity contribution in [3.05, 3.63) is 0 Å². The van der Waals surface area contributed by atoms with Crippen LogP contribution >= 0.6 is 0 Å². The summed E-state index contributed by atoms with van der Waals surface area (Å²) in [5.41, 5.74) is 0. The second kappa shape index (κ2) is 2.99. The highest BCUT2D eigenvalue weighted by atomic mass is 19.1. The minimum Gasteiger partial charge on any atom is -0.469 e. The topological polar surface area (TPSA) is 26.3 Å². The van der Waals surface area contributed by atoms with Crippen LogP contribution in [0.2, 0.25) is 0 Å². The van der Waals surface area contributed by atoms with Crippen LogP contribution in [0.5, 0.6) is 0 Å². The zero-order valence-corrected chi connectivity index (χ0v) is 5.97. The van der Waals surface area contributed by atoms with Gasteiger partial charge in [-0.15, -0.1) is 0 Å². The summed E-state index contributed by atoms with van der Waals surface area (Å²) in [6.07, 6.45) is 1.33. The van der Waals surface area contributed by atoms with Gasteiger partial charge in [0.1, 0.15) is 0 Å². The van der Waals surface area contributed by atoms with Gasteiger partial charge in [-0.1, -0.05) is 0 Å². The van der Waals surface area contributed by atoms with E-state index in [1.165, 1.54) is 7.11 Å². The molecule has 0 saturated heterocycles. The molecule has 0 unspecified atom stereocenters. The lowest BCUT2D eigenvalue weighted by atomic mass is 10.2. The maximum Gasteiger partial charge on any atom is 0.308 e. The van der Waals surface area contributed by atoms with Crippen LogP contribution in [0.25, 0.3) is 0 Å². The van der Waals surface area contributed by atoms with Crippen LogP contribution in [-0.2, 0) is 9.53 Å². The smallest absolute Gasteiger partial charge is 0.308 e. The number of hydrogen-bond donors (Lipinski definition) is 0. The van der Waals surface area contributed by atoms with Crippen LogP contribution in [-0.4, -0.2) is 19.8 Å². The van der Waals surface area contributed by atoms with E-state index in [0.29, 0.717) is 6.42 Å². The lowest BCUT2D eigenvalue weighted by molar-refractivity contribution is -0.142. The van der Waals surface area contributed by atoms with Crippen molar-refractivity contribution in [1.29, 1.82) is 0 Å². The van der Waals surface area contributed by atoms with Gasteiger partial charge in [0.05, 0.1) is 19.7 Å². The Morgan fingerprint density at radius 1 is 1.80 bits per heavy atom. The van der Waals surface area contributed by atoms with Crippen LogP contribution < -0.4 is 0 Å². The van der Waals surface area contributed by atoms with Gasteiger partial charge >= 0.3 is 5.97 Å². The number of methoxy groups -OCH3 is 1. The van der Waals surface area contributed by atoms with Gasteiger partial charge < -0.3 is 4.74 Å². The van der Waals surface area contributed by atoms with E-state index in [1.807, 2.05) is 0 Å². The highest BCUT2D eigenvalue weighted by molar-refractivity contribution is 5.75. The SMILES string of the molecule is COC(=O)[C@H]1C[C@H]1CCF. The van der Waals surface area contributed by atoms with Gasteiger partial charge in [0.15, 0.2) is 0 Å². The van der Waals surface area contributed by atoms with Gasteiger partial charge in [-0.25, -0.2) is 0 Å². The van der Waals surface area contributed by atoms with Crippen LogP contribution in [0, 0.1) is 11.8 Å². The molecule has 58 valence electrons. The number of carbonyl (C=O) groups excluding carboxylic acids is 1. The number of hydrogen-bond acceptors (Lipinski definition) is 2. The molecule has 2 atom stereocenters. The zero-order valence-electron chi connectivity index (χ0n) is 5.97. The van der Waals surface area contributed by atoms with Crippen molar-refractivity contribution in [3.8, 4) is 0 Å². The van der Waals surface area contributed by atoms with Gasteiger partial charge in [0.2, 0.25) is 0 Å². The molecule has 0 spiro atoms. The molecule has 1 saturated carbocycles. The molecular weight excluding hydrogens is 135 g/mol. The van der Waals surface area contributed by atoms with Crippen molar-refractivity contribution < 1.29 is 13.9 Å². The fourth-order valence-corrected chi connectivity index (χ4v) is 1.15. The highest BCUT2D eigenvalue weighted by Crippen LogP contribution is 2.41. The number of esters is 1. The third-order valence-corrected chi connectivity index (χ3v) is 1.91. The number of rotatable bonds is 3. The Hall–Kier alpha value is -0.600. The van der Waals surface area contributed by atoms with Crippen molar-refractivity contribution in [1.82, 2.24) is 0 Å². The summed E-state index contributed by atoms with van der Waals surface area (Å²) in [6.45, 7) is -0.321. The van der Waals surface area contributed by atoms with Crippen molar-refractivity contribution in [2.45, 2.75) is 12.8 Å². The lowest BCUT2D eigenvalue weighted by Gasteiger charge is -1.94. The zero-order chi connectivity index (χ0) is 7.56. The van der Waals surface area contributed by atoms with Crippen molar-refractivity contribution in [2.24, 2.45) is 11.8 Å². The molecule has 1 fully saturated rings. The summed E-state index contributed by atoms with van der Waals surface area (Å²) in [6, 6.07) is 0. The Morgan fingerprint density at radius 3 is 3.00 bits per heavy atom. The lowest BCUT2D eigenvalue weighted by Crippen LogP contribution is -2.04. The van der Waals surface area contributed by atoms with Gasteiger partial charge in [-0.2, -0.15) is 0 Å². The second-order valence-electron chi connectivity index (χ2n) is 2.60. The molecule has 0 heterocycles. The monoisotopic (exact) mass is 146 g/mol. The van der Waals surface area contributed by atoms with Crippen LogP contribution in [0.15, 0.2) is 0 Å². The number of carbonyl (C=O) groups is 1. The summed E-state index contributed by atoms with van der Waals surface area (Å²) < 4.78 is 16.2. The third-order valence-electron chi connectivity index (χ3n) is 1.91. The van der Waals surface area contributed by atoms with Gasteiger partial charge in [0, 0.05) is 0 Å². The number of alkyl halides is 1. The Balaban J connectivity index is 2.18. The highest BCUT2D eigenvalue weighted by Gasteiger charge is 2.43. The average molecular weight is 146 g/mol. The van der Waals surface area contributed by atoms with E-state index in [1.54, 1.807) is 0 Å². The molecule has 10 heavy (non-hydrogen) atoms. The van der Waals surface area contributed by atoms with Gasteiger partial charge in [-0.05, 0) is 18.8 Å². The Kier molecular flexibility index (Phi) is 2.25. The second-order valence-corrected chi connectivity index (χ2v) is 2.60. The Bertz CT molecular complexity index is 136. The molecule has 0 aliphatic heterocycles. The molecule has 1 aliphatic carbocycles. The van der Waals surface area contributed by atoms with E-state index in [2.05, 4.69) is 4.74 Å². The third kappa shape index (κ3) is 1.46. The average Bonchev–Trinajstić information content (AvgIpc) is 2.67. The van der Waals surface area contributed by atoms with Crippen LogP contribution in [0.4, 0.5) is 4.39 Å². The Morgan fingerprint density at radius 2 is 2.50 bits per heavy atom. The normalized spacial score (nSPS) is 29.8. The molecule has 1 aliphatic rings. The first kappa shape index (κ1) is 7.51. The van der Waals surface area contributed by atoms with Gasteiger partial charge in [-0.3, -0.25) is 9.18 Å². The van der Waals surface area contributed by atoms with Crippen molar-refractivity contribution in [3.63, 3.8) is 0 Å².